The summed E-state index contributed by atoms with van der Waals surface area (Å²) in [4.78, 5) is 18.7. The van der Waals surface area contributed by atoms with Crippen molar-refractivity contribution in [3.63, 3.8) is 0 Å². The zero-order valence-corrected chi connectivity index (χ0v) is 11.4. The van der Waals surface area contributed by atoms with Crippen molar-refractivity contribution in [3.05, 3.63) is 16.4 Å². The molecule has 3 N–H and O–H groups in total. The summed E-state index contributed by atoms with van der Waals surface area (Å²) in [5.41, 5.74) is -0.141. The first-order valence-corrected chi connectivity index (χ1v) is 6.78. The van der Waals surface area contributed by atoms with Crippen LogP contribution in [0.25, 0.3) is 0 Å². The smallest absolute Gasteiger partial charge is 0.353 e. The largest absolute Gasteiger partial charge is 0.396 e. The molecule has 0 spiro atoms. The lowest BCUT2D eigenvalue weighted by Gasteiger charge is -2.19. The molecule has 0 bridgehead atoms. The van der Waals surface area contributed by atoms with Crippen LogP contribution in [0.15, 0.2) is 6.33 Å². The zero-order valence-electron chi connectivity index (χ0n) is 11.4. The summed E-state index contributed by atoms with van der Waals surface area (Å²) < 4.78 is 0. The van der Waals surface area contributed by atoms with Crippen molar-refractivity contribution < 1.29 is 10.0 Å². The van der Waals surface area contributed by atoms with Crippen LogP contribution in [0.2, 0.25) is 0 Å². The molecule has 1 aliphatic rings. The van der Waals surface area contributed by atoms with Crippen LogP contribution in [0.5, 0.6) is 0 Å². The topological polar surface area (TPSA) is 113 Å². The molecule has 2 atom stereocenters. The Morgan fingerprint density at radius 3 is 2.85 bits per heavy atom. The summed E-state index contributed by atoms with van der Waals surface area (Å²) in [5, 5.41) is 26.5. The SMILES string of the molecule is CCNc1ncnc(NC2CCCC2CO)c1[N+](=O)[O-]. The predicted octanol–water partition coefficient (Wildman–Crippen LogP) is 1.39. The molecule has 2 unspecified atom stereocenters. The fraction of sp³-hybridized carbons (Fsp3) is 0.667. The normalized spacial score (nSPS) is 21.7. The van der Waals surface area contributed by atoms with E-state index in [-0.39, 0.29) is 35.9 Å². The molecule has 1 saturated carbocycles. The van der Waals surface area contributed by atoms with Crippen LogP contribution >= 0.6 is 0 Å². The summed E-state index contributed by atoms with van der Waals surface area (Å²) in [7, 11) is 0. The molecule has 8 heteroatoms. The van der Waals surface area contributed by atoms with Crippen LogP contribution in [-0.4, -0.2) is 39.2 Å². The first-order chi connectivity index (χ1) is 9.67. The Labute approximate surface area is 116 Å². The Hall–Kier alpha value is -1.96. The van der Waals surface area contributed by atoms with Crippen LogP contribution in [0.3, 0.4) is 0 Å². The summed E-state index contributed by atoms with van der Waals surface area (Å²) in [6, 6.07) is 0.0167. The van der Waals surface area contributed by atoms with Crippen LogP contribution in [0.1, 0.15) is 26.2 Å². The van der Waals surface area contributed by atoms with Gasteiger partial charge in [-0.25, -0.2) is 9.97 Å². The number of hydrogen-bond acceptors (Lipinski definition) is 7. The van der Waals surface area contributed by atoms with Crippen molar-refractivity contribution >= 4 is 17.3 Å². The number of rotatable bonds is 6. The van der Waals surface area contributed by atoms with Crippen molar-refractivity contribution in [3.8, 4) is 0 Å². The highest BCUT2D eigenvalue weighted by Gasteiger charge is 2.30. The quantitative estimate of drug-likeness (QED) is 0.533. The number of aliphatic hydroxyl groups is 1. The fourth-order valence-electron chi connectivity index (χ4n) is 2.58. The van der Waals surface area contributed by atoms with Gasteiger partial charge in [0.15, 0.2) is 0 Å². The number of aromatic nitrogens is 2. The molecule has 0 saturated heterocycles. The maximum atomic E-state index is 11.2. The molecule has 8 nitrogen and oxygen atoms in total. The van der Waals surface area contributed by atoms with Gasteiger partial charge in [-0.3, -0.25) is 10.1 Å². The van der Waals surface area contributed by atoms with Crippen LogP contribution in [0.4, 0.5) is 17.3 Å². The highest BCUT2D eigenvalue weighted by Crippen LogP contribution is 2.33. The molecule has 0 amide bonds. The van der Waals surface area contributed by atoms with E-state index in [1.807, 2.05) is 6.92 Å². The Bertz CT molecular complexity index is 482. The second kappa shape index (κ2) is 6.47. The molecule has 0 radical (unpaired) electrons. The molecule has 1 aliphatic carbocycles. The van der Waals surface area contributed by atoms with E-state index >= 15 is 0 Å². The number of nitrogens with one attached hydrogen (secondary N) is 2. The molecular formula is C12H19N5O3. The third-order valence-electron chi connectivity index (χ3n) is 3.56. The Morgan fingerprint density at radius 1 is 1.45 bits per heavy atom. The first kappa shape index (κ1) is 14.4. The van der Waals surface area contributed by atoms with E-state index in [4.69, 9.17) is 0 Å². The maximum absolute atomic E-state index is 11.2. The van der Waals surface area contributed by atoms with E-state index in [9.17, 15) is 15.2 Å². The zero-order chi connectivity index (χ0) is 14.5. The molecule has 0 aromatic carbocycles. The van der Waals surface area contributed by atoms with Gasteiger partial charge in [0, 0.05) is 25.1 Å². The van der Waals surface area contributed by atoms with Crippen molar-refractivity contribution in [1.82, 2.24) is 9.97 Å². The first-order valence-electron chi connectivity index (χ1n) is 6.78. The number of anilines is 2. The molecule has 0 aliphatic heterocycles. The Kier molecular flexibility index (Phi) is 4.67. The van der Waals surface area contributed by atoms with E-state index in [2.05, 4.69) is 20.6 Å². The summed E-state index contributed by atoms with van der Waals surface area (Å²) in [6.07, 6.45) is 4.11. The highest BCUT2D eigenvalue weighted by atomic mass is 16.6. The average Bonchev–Trinajstić information content (AvgIpc) is 2.86. The third kappa shape index (κ3) is 2.96. The van der Waals surface area contributed by atoms with Crippen molar-refractivity contribution in [2.45, 2.75) is 32.2 Å². The monoisotopic (exact) mass is 281 g/mol. The van der Waals surface area contributed by atoms with Crippen LogP contribution in [0, 0.1) is 16.0 Å². The summed E-state index contributed by atoms with van der Waals surface area (Å²) >= 11 is 0. The minimum absolute atomic E-state index is 0.0167. The van der Waals surface area contributed by atoms with Gasteiger partial charge in [-0.05, 0) is 19.8 Å². The second-order valence-electron chi connectivity index (χ2n) is 4.83. The van der Waals surface area contributed by atoms with Gasteiger partial charge in [0.1, 0.15) is 6.33 Å². The minimum atomic E-state index is -0.483. The third-order valence-corrected chi connectivity index (χ3v) is 3.56. The van der Waals surface area contributed by atoms with Crippen LogP contribution < -0.4 is 10.6 Å². The molecular weight excluding hydrogens is 262 g/mol. The molecule has 1 fully saturated rings. The van der Waals surface area contributed by atoms with Gasteiger partial charge in [0.25, 0.3) is 0 Å². The lowest BCUT2D eigenvalue weighted by atomic mass is 10.1. The van der Waals surface area contributed by atoms with Gasteiger partial charge in [-0.2, -0.15) is 0 Å². The lowest BCUT2D eigenvalue weighted by Crippen LogP contribution is -2.27. The standard InChI is InChI=1S/C12H19N5O3/c1-2-13-11-10(17(19)20)12(15-7-14-11)16-9-5-3-4-8(9)6-18/h7-9,18H,2-6H2,1H3,(H2,13,14,15,16). The maximum Gasteiger partial charge on any atom is 0.353 e. The fourth-order valence-corrected chi connectivity index (χ4v) is 2.58. The van der Waals surface area contributed by atoms with E-state index < -0.39 is 4.92 Å². The van der Waals surface area contributed by atoms with E-state index in [0.29, 0.717) is 6.54 Å². The molecule has 1 aromatic heterocycles. The highest BCUT2D eigenvalue weighted by molar-refractivity contribution is 5.69. The predicted molar refractivity (Wildman–Crippen MR) is 74.7 cm³/mol. The van der Waals surface area contributed by atoms with Crippen molar-refractivity contribution in [1.29, 1.82) is 0 Å². The van der Waals surface area contributed by atoms with Crippen LogP contribution in [-0.2, 0) is 0 Å². The van der Waals surface area contributed by atoms with Gasteiger partial charge >= 0.3 is 5.69 Å². The summed E-state index contributed by atoms with van der Waals surface area (Å²) in [5.74, 6) is 0.548. The molecule has 110 valence electrons. The van der Waals surface area contributed by atoms with Crippen molar-refractivity contribution in [2.24, 2.45) is 5.92 Å². The molecule has 1 aromatic rings. The Balaban J connectivity index is 2.26. The number of nitro groups is 1. The van der Waals surface area contributed by atoms with Gasteiger partial charge < -0.3 is 15.7 Å². The molecule has 20 heavy (non-hydrogen) atoms. The van der Waals surface area contributed by atoms with Gasteiger partial charge in [-0.1, -0.05) is 6.42 Å². The number of hydrogen-bond donors (Lipinski definition) is 3. The Morgan fingerprint density at radius 2 is 2.20 bits per heavy atom. The van der Waals surface area contributed by atoms with E-state index in [0.717, 1.165) is 19.3 Å². The average molecular weight is 281 g/mol. The van der Waals surface area contributed by atoms with Gasteiger partial charge in [-0.15, -0.1) is 0 Å². The molecule has 2 rings (SSSR count). The molecule has 1 heterocycles. The van der Waals surface area contributed by atoms with Gasteiger partial charge in [0.2, 0.25) is 11.6 Å². The summed E-state index contributed by atoms with van der Waals surface area (Å²) in [6.45, 7) is 2.47. The van der Waals surface area contributed by atoms with Gasteiger partial charge in [0.05, 0.1) is 4.92 Å². The second-order valence-corrected chi connectivity index (χ2v) is 4.83. The number of nitrogens with zero attached hydrogens (tertiary/aromatic N) is 3. The van der Waals surface area contributed by atoms with E-state index in [1.54, 1.807) is 0 Å². The number of aliphatic hydroxyl groups excluding tert-OH is 1. The van der Waals surface area contributed by atoms with E-state index in [1.165, 1.54) is 6.33 Å². The minimum Gasteiger partial charge on any atom is -0.396 e. The van der Waals surface area contributed by atoms with Crippen molar-refractivity contribution in [2.75, 3.05) is 23.8 Å². The lowest BCUT2D eigenvalue weighted by molar-refractivity contribution is -0.383.